The normalized spacial score (nSPS) is 14.2. The Morgan fingerprint density at radius 1 is 1.00 bits per heavy atom. The van der Waals surface area contributed by atoms with E-state index in [9.17, 15) is 14.7 Å². The quantitative estimate of drug-likeness (QED) is 0.181. The molecule has 7 N–H and O–H groups in total. The molecule has 0 aliphatic heterocycles. The van der Waals surface area contributed by atoms with Gasteiger partial charge in [0.15, 0.2) is 29.2 Å². The minimum absolute atomic E-state index is 0.126. The number of aryl methyl sites for hydroxylation is 2. The van der Waals surface area contributed by atoms with Crippen molar-refractivity contribution in [3.8, 4) is 0 Å². The zero-order valence-corrected chi connectivity index (χ0v) is 22.8. The van der Waals surface area contributed by atoms with E-state index in [-0.39, 0.29) is 12.1 Å². The molecule has 14 heteroatoms. The molecule has 214 valence electrons. The van der Waals surface area contributed by atoms with E-state index in [0.29, 0.717) is 18.3 Å². The fraction of sp³-hybridized carbons (Fsp3) is 0.520. The molecule has 39 heavy (non-hydrogen) atoms. The van der Waals surface area contributed by atoms with Gasteiger partial charge in [0.1, 0.15) is 0 Å². The minimum atomic E-state index is -2.27. The summed E-state index contributed by atoms with van der Waals surface area (Å²) in [6.45, 7) is 12.6. The van der Waals surface area contributed by atoms with E-state index in [1.807, 2.05) is 24.6 Å². The lowest BCUT2D eigenvalue weighted by atomic mass is 10.1. The largest absolute Gasteiger partial charge is 0.479 e. The summed E-state index contributed by atoms with van der Waals surface area (Å²) < 4.78 is 2.02. The number of fused-ring (bicyclic) bond motifs is 1. The Kier molecular flexibility index (Phi) is 11.1. The summed E-state index contributed by atoms with van der Waals surface area (Å²) in [4.78, 5) is 37.8. The SMILES string of the molecule is CC[C@H](Nc1nc(NCc2cnc(C)cc2C)c2ncn(C(C)C)c2n1)[C@@H](C)O.O=C(O)[C@H](O)[C@@H](O)C(=O)O. The number of imidazole rings is 1. The van der Waals surface area contributed by atoms with Crippen LogP contribution in [0.2, 0.25) is 0 Å². The molecule has 0 bridgehead atoms. The highest BCUT2D eigenvalue weighted by Crippen LogP contribution is 2.25. The Hall–Kier alpha value is -3.88. The van der Waals surface area contributed by atoms with Gasteiger partial charge in [0, 0.05) is 24.5 Å². The molecule has 3 aromatic rings. The van der Waals surface area contributed by atoms with Gasteiger partial charge in [0.05, 0.1) is 18.5 Å². The van der Waals surface area contributed by atoms with Gasteiger partial charge in [-0.25, -0.2) is 14.6 Å². The second-order valence-corrected chi connectivity index (χ2v) is 9.39. The number of aliphatic hydroxyl groups is 3. The van der Waals surface area contributed by atoms with Crippen LogP contribution in [0.25, 0.3) is 11.2 Å². The standard InChI is InChI=1S/C21H31N7O.C4H6O6/c1-7-17(15(6)29)25-21-26-19(18-20(27-21)28(11-24-18)12(2)3)23-10-16-9-22-14(5)8-13(16)4;5-1(3(7)8)2(6)4(9)10/h8-9,11-12,15,17,29H,7,10H2,1-6H3,(H2,23,25,26,27);1-2,5-6H,(H,7,8)(H,9,10)/t15-,17+;1-,2-/m11/s1. The van der Waals surface area contributed by atoms with Crippen molar-refractivity contribution in [3.63, 3.8) is 0 Å². The molecule has 0 amide bonds. The smallest absolute Gasteiger partial charge is 0.335 e. The van der Waals surface area contributed by atoms with Crippen LogP contribution >= 0.6 is 0 Å². The van der Waals surface area contributed by atoms with Gasteiger partial charge >= 0.3 is 11.9 Å². The van der Waals surface area contributed by atoms with Crippen LogP contribution in [0, 0.1) is 13.8 Å². The number of hydrogen-bond acceptors (Lipinski definition) is 11. The summed E-state index contributed by atoms with van der Waals surface area (Å²) in [5.41, 5.74) is 4.78. The Balaban J connectivity index is 0.000000455. The topological polar surface area (TPSA) is 216 Å². The van der Waals surface area contributed by atoms with E-state index in [1.54, 1.807) is 13.3 Å². The number of aliphatic carboxylic acids is 2. The average molecular weight is 548 g/mol. The maximum Gasteiger partial charge on any atom is 0.335 e. The molecule has 3 rings (SSSR count). The van der Waals surface area contributed by atoms with Gasteiger partial charge in [0.25, 0.3) is 0 Å². The van der Waals surface area contributed by atoms with Crippen molar-refractivity contribution < 1.29 is 35.1 Å². The summed E-state index contributed by atoms with van der Waals surface area (Å²) in [5.74, 6) is -2.39. The number of hydrogen-bond donors (Lipinski definition) is 7. The maximum absolute atomic E-state index is 10.0. The third kappa shape index (κ3) is 8.30. The highest BCUT2D eigenvalue weighted by atomic mass is 16.4. The number of carboxylic acid groups (broad SMARTS) is 2. The molecule has 0 saturated heterocycles. The fourth-order valence-electron chi connectivity index (χ4n) is 3.57. The summed E-state index contributed by atoms with van der Waals surface area (Å²) >= 11 is 0. The first-order chi connectivity index (χ1) is 18.3. The van der Waals surface area contributed by atoms with Gasteiger partial charge in [-0.2, -0.15) is 9.97 Å². The van der Waals surface area contributed by atoms with Crippen LogP contribution in [0.3, 0.4) is 0 Å². The van der Waals surface area contributed by atoms with Crippen LogP contribution in [-0.2, 0) is 16.1 Å². The third-order valence-electron chi connectivity index (χ3n) is 5.92. The summed E-state index contributed by atoms with van der Waals surface area (Å²) in [5, 5.41) is 49.2. The van der Waals surface area contributed by atoms with Gasteiger partial charge < -0.3 is 40.7 Å². The van der Waals surface area contributed by atoms with Crippen molar-refractivity contribution in [1.82, 2.24) is 24.5 Å². The maximum atomic E-state index is 10.0. The molecular weight excluding hydrogens is 510 g/mol. The number of pyridine rings is 1. The second-order valence-electron chi connectivity index (χ2n) is 9.39. The van der Waals surface area contributed by atoms with E-state index in [4.69, 9.17) is 20.4 Å². The number of anilines is 2. The van der Waals surface area contributed by atoms with Crippen molar-refractivity contribution in [1.29, 1.82) is 0 Å². The van der Waals surface area contributed by atoms with Crippen molar-refractivity contribution in [2.75, 3.05) is 10.6 Å². The minimum Gasteiger partial charge on any atom is -0.479 e. The van der Waals surface area contributed by atoms with E-state index in [0.717, 1.165) is 28.8 Å². The monoisotopic (exact) mass is 547 g/mol. The number of rotatable bonds is 11. The van der Waals surface area contributed by atoms with Gasteiger partial charge in [-0.05, 0) is 58.2 Å². The lowest BCUT2D eigenvalue weighted by molar-refractivity contribution is -0.165. The zero-order chi connectivity index (χ0) is 29.4. The number of carbonyl (C=O) groups is 2. The summed E-state index contributed by atoms with van der Waals surface area (Å²) in [6.07, 6.45) is -0.590. The molecule has 4 atom stereocenters. The van der Waals surface area contributed by atoms with Crippen LogP contribution in [-0.4, -0.2) is 86.3 Å². The molecule has 0 unspecified atom stereocenters. The van der Waals surface area contributed by atoms with Gasteiger partial charge in [-0.3, -0.25) is 4.98 Å². The lowest BCUT2D eigenvalue weighted by Crippen LogP contribution is -2.39. The predicted octanol–water partition coefficient (Wildman–Crippen LogP) is 1.48. The number of aliphatic hydroxyl groups excluding tert-OH is 3. The van der Waals surface area contributed by atoms with Crippen molar-refractivity contribution in [2.45, 2.75) is 84.9 Å². The van der Waals surface area contributed by atoms with E-state index >= 15 is 0 Å². The Bertz CT molecular complexity index is 1260. The fourth-order valence-corrected chi connectivity index (χ4v) is 3.57. The van der Waals surface area contributed by atoms with Crippen LogP contribution in [0.15, 0.2) is 18.6 Å². The first kappa shape index (κ1) is 31.3. The predicted molar refractivity (Wildman–Crippen MR) is 143 cm³/mol. The summed E-state index contributed by atoms with van der Waals surface area (Å²) in [7, 11) is 0. The van der Waals surface area contributed by atoms with Crippen LogP contribution < -0.4 is 10.6 Å². The highest BCUT2D eigenvalue weighted by Gasteiger charge is 2.29. The van der Waals surface area contributed by atoms with Gasteiger partial charge in [0.2, 0.25) is 5.95 Å². The molecule has 14 nitrogen and oxygen atoms in total. The molecule has 0 fully saturated rings. The van der Waals surface area contributed by atoms with Gasteiger partial charge in [-0.15, -0.1) is 0 Å². The van der Waals surface area contributed by atoms with Crippen molar-refractivity contribution >= 4 is 34.9 Å². The van der Waals surface area contributed by atoms with Gasteiger partial charge in [-0.1, -0.05) is 6.92 Å². The molecule has 3 heterocycles. The lowest BCUT2D eigenvalue weighted by Gasteiger charge is -2.20. The van der Waals surface area contributed by atoms with Crippen LogP contribution in [0.5, 0.6) is 0 Å². The van der Waals surface area contributed by atoms with E-state index in [2.05, 4.69) is 57.4 Å². The number of nitrogens with zero attached hydrogens (tertiary/aromatic N) is 5. The molecule has 0 saturated carbocycles. The second kappa shape index (κ2) is 13.8. The zero-order valence-electron chi connectivity index (χ0n) is 22.8. The summed E-state index contributed by atoms with van der Waals surface area (Å²) in [6, 6.07) is 2.17. The Morgan fingerprint density at radius 3 is 2.10 bits per heavy atom. The third-order valence-corrected chi connectivity index (χ3v) is 5.92. The molecule has 0 aliphatic rings. The highest BCUT2D eigenvalue weighted by molar-refractivity contribution is 5.84. The number of nitrogens with one attached hydrogen (secondary N) is 2. The first-order valence-corrected chi connectivity index (χ1v) is 12.4. The number of aromatic nitrogens is 5. The molecule has 0 radical (unpaired) electrons. The molecular formula is C25H37N7O7. The van der Waals surface area contributed by atoms with Crippen molar-refractivity contribution in [2.24, 2.45) is 0 Å². The first-order valence-electron chi connectivity index (χ1n) is 12.4. The van der Waals surface area contributed by atoms with Crippen molar-refractivity contribution in [3.05, 3.63) is 35.4 Å². The van der Waals surface area contributed by atoms with E-state index in [1.165, 1.54) is 5.56 Å². The number of carboxylic acids is 2. The molecule has 0 aliphatic carbocycles. The molecule has 0 aromatic carbocycles. The molecule has 0 spiro atoms. The van der Waals surface area contributed by atoms with E-state index < -0.39 is 30.3 Å². The Labute approximate surface area is 225 Å². The van der Waals surface area contributed by atoms with Crippen LogP contribution in [0.1, 0.15) is 57.0 Å². The molecule has 3 aromatic heterocycles. The average Bonchev–Trinajstić information content (AvgIpc) is 3.30. The Morgan fingerprint density at radius 2 is 1.62 bits per heavy atom. The van der Waals surface area contributed by atoms with Crippen LogP contribution in [0.4, 0.5) is 11.8 Å².